The molecule has 1 atom stereocenters. The normalized spacial score (nSPS) is 15.4. The third-order valence-electron chi connectivity index (χ3n) is 6.41. The topological polar surface area (TPSA) is 95.3 Å². The van der Waals surface area contributed by atoms with Crippen molar-refractivity contribution in [3.05, 3.63) is 72.7 Å². The van der Waals surface area contributed by atoms with Crippen molar-refractivity contribution < 1.29 is 28.2 Å². The Morgan fingerprint density at radius 2 is 1.86 bits per heavy atom. The van der Waals surface area contributed by atoms with Gasteiger partial charge in [-0.2, -0.15) is 4.39 Å². The van der Waals surface area contributed by atoms with Crippen LogP contribution in [0.4, 0.5) is 4.39 Å². The second-order valence-corrected chi connectivity index (χ2v) is 8.63. The van der Waals surface area contributed by atoms with Crippen LogP contribution < -0.4 is 9.47 Å². The Kier molecular flexibility index (Phi) is 6.72. The number of imidazole rings is 1. The maximum absolute atomic E-state index is 14.5. The number of halogens is 1. The molecule has 10 heteroatoms. The predicted octanol–water partition coefficient (Wildman–Crippen LogP) is 4.22. The second kappa shape index (κ2) is 10.3. The van der Waals surface area contributed by atoms with Crippen LogP contribution in [0, 0.1) is 5.82 Å². The molecule has 0 aliphatic carbocycles. The van der Waals surface area contributed by atoms with Gasteiger partial charge in [0.2, 0.25) is 5.82 Å². The number of amides is 1. The van der Waals surface area contributed by atoms with Crippen molar-refractivity contribution in [2.24, 2.45) is 0 Å². The van der Waals surface area contributed by atoms with Crippen LogP contribution in [0.3, 0.4) is 0 Å². The van der Waals surface area contributed by atoms with Gasteiger partial charge in [0.15, 0.2) is 11.5 Å². The SMILES string of the molecule is COC(=O)C(=O)N1CCC[C@@H](c2nc(-c3ccc(Oc4cccc(OC)c4F)cc3)c3cnccn23)C1. The van der Waals surface area contributed by atoms with E-state index in [0.29, 0.717) is 18.8 Å². The minimum absolute atomic E-state index is 0.0642. The number of likely N-dealkylation sites (tertiary alicyclic amines) is 1. The molecule has 2 aromatic heterocycles. The number of nitrogens with zero attached hydrogens (tertiary/aromatic N) is 4. The van der Waals surface area contributed by atoms with Crippen molar-refractivity contribution in [1.82, 2.24) is 19.3 Å². The molecule has 3 heterocycles. The van der Waals surface area contributed by atoms with Crippen LogP contribution in [0.15, 0.2) is 61.1 Å². The Labute approximate surface area is 212 Å². The molecule has 4 aromatic rings. The van der Waals surface area contributed by atoms with E-state index in [1.165, 1.54) is 31.3 Å². The van der Waals surface area contributed by atoms with Gasteiger partial charge in [0, 0.05) is 37.0 Å². The zero-order valence-electron chi connectivity index (χ0n) is 20.4. The third-order valence-corrected chi connectivity index (χ3v) is 6.41. The van der Waals surface area contributed by atoms with E-state index in [1.54, 1.807) is 30.6 Å². The van der Waals surface area contributed by atoms with Crippen molar-refractivity contribution in [2.45, 2.75) is 18.8 Å². The van der Waals surface area contributed by atoms with Gasteiger partial charge in [-0.3, -0.25) is 14.2 Å². The second-order valence-electron chi connectivity index (χ2n) is 8.63. The van der Waals surface area contributed by atoms with E-state index < -0.39 is 17.7 Å². The van der Waals surface area contributed by atoms with Crippen LogP contribution in [0.2, 0.25) is 0 Å². The Bertz CT molecular complexity index is 1450. The number of carbonyl (C=O) groups excluding carboxylic acids is 2. The van der Waals surface area contributed by atoms with Gasteiger partial charge in [0.25, 0.3) is 0 Å². The lowest BCUT2D eigenvalue weighted by molar-refractivity contribution is -0.158. The quantitative estimate of drug-likeness (QED) is 0.297. The largest absolute Gasteiger partial charge is 0.494 e. The molecule has 1 aliphatic heterocycles. The minimum atomic E-state index is -0.866. The average Bonchev–Trinajstić information content (AvgIpc) is 3.33. The highest BCUT2D eigenvalue weighted by Crippen LogP contribution is 2.34. The first kappa shape index (κ1) is 24.2. The molecule has 0 radical (unpaired) electrons. The lowest BCUT2D eigenvalue weighted by Crippen LogP contribution is -2.43. The Hall–Kier alpha value is -4.47. The fraction of sp³-hybridized carbons (Fsp3) is 0.259. The van der Waals surface area contributed by atoms with Crippen molar-refractivity contribution >= 4 is 17.4 Å². The number of methoxy groups -OCH3 is 2. The summed E-state index contributed by atoms with van der Waals surface area (Å²) in [5, 5.41) is 0. The number of benzene rings is 2. The lowest BCUT2D eigenvalue weighted by atomic mass is 9.97. The molecule has 0 saturated carbocycles. The van der Waals surface area contributed by atoms with Crippen LogP contribution in [0.1, 0.15) is 24.6 Å². The zero-order valence-corrected chi connectivity index (χ0v) is 20.4. The van der Waals surface area contributed by atoms with E-state index in [1.807, 2.05) is 22.7 Å². The van der Waals surface area contributed by atoms with Gasteiger partial charge < -0.3 is 19.1 Å². The highest BCUT2D eigenvalue weighted by molar-refractivity contribution is 6.32. The number of hydrogen-bond acceptors (Lipinski definition) is 7. The van der Waals surface area contributed by atoms with Crippen molar-refractivity contribution in [3.63, 3.8) is 0 Å². The Balaban J connectivity index is 1.43. The van der Waals surface area contributed by atoms with E-state index in [4.69, 9.17) is 14.5 Å². The molecule has 5 rings (SSSR count). The first-order valence-corrected chi connectivity index (χ1v) is 11.8. The van der Waals surface area contributed by atoms with Gasteiger partial charge in [-0.25, -0.2) is 9.78 Å². The minimum Gasteiger partial charge on any atom is -0.494 e. The van der Waals surface area contributed by atoms with Gasteiger partial charge in [-0.1, -0.05) is 6.07 Å². The summed E-state index contributed by atoms with van der Waals surface area (Å²) in [6, 6.07) is 11.9. The monoisotopic (exact) mass is 504 g/mol. The Morgan fingerprint density at radius 1 is 1.08 bits per heavy atom. The van der Waals surface area contributed by atoms with Crippen LogP contribution in [0.25, 0.3) is 16.8 Å². The van der Waals surface area contributed by atoms with Crippen LogP contribution >= 0.6 is 0 Å². The molecular weight excluding hydrogens is 479 g/mol. The first-order chi connectivity index (χ1) is 18.0. The molecule has 1 saturated heterocycles. The van der Waals surface area contributed by atoms with Crippen LogP contribution in [0.5, 0.6) is 17.2 Å². The fourth-order valence-electron chi connectivity index (χ4n) is 4.59. The standard InChI is InChI=1S/C27H25FN4O5/c1-35-21-6-3-7-22(23(21)28)37-19-10-8-17(9-11-19)24-20-15-29-12-14-32(20)25(30-24)18-5-4-13-31(16-18)26(33)27(34)36-2/h3,6-12,14-15,18H,4-5,13,16H2,1-2H3/t18-/m1/s1. The highest BCUT2D eigenvalue weighted by Gasteiger charge is 2.31. The number of esters is 1. The van der Waals surface area contributed by atoms with Crippen LogP contribution in [-0.4, -0.2) is 58.5 Å². The highest BCUT2D eigenvalue weighted by atomic mass is 19.1. The molecule has 0 unspecified atom stereocenters. The third kappa shape index (κ3) is 4.69. The molecular formula is C27H25FN4O5. The van der Waals surface area contributed by atoms with Crippen LogP contribution in [-0.2, 0) is 14.3 Å². The Morgan fingerprint density at radius 3 is 2.62 bits per heavy atom. The summed E-state index contributed by atoms with van der Waals surface area (Å²) < 4.78 is 31.8. The number of aromatic nitrogens is 3. The van der Waals surface area contributed by atoms with E-state index in [0.717, 1.165) is 35.4 Å². The van der Waals surface area contributed by atoms with E-state index in [2.05, 4.69) is 9.72 Å². The maximum atomic E-state index is 14.5. The number of piperidine rings is 1. The summed E-state index contributed by atoms with van der Waals surface area (Å²) in [5.74, 6) is -0.729. The van der Waals surface area contributed by atoms with Gasteiger partial charge >= 0.3 is 11.9 Å². The summed E-state index contributed by atoms with van der Waals surface area (Å²) in [4.78, 5) is 34.9. The lowest BCUT2D eigenvalue weighted by Gasteiger charge is -2.31. The van der Waals surface area contributed by atoms with E-state index >= 15 is 0 Å². The zero-order chi connectivity index (χ0) is 25.9. The number of carbonyl (C=O) groups is 2. The molecule has 1 amide bonds. The van der Waals surface area contributed by atoms with Crippen molar-refractivity contribution in [1.29, 1.82) is 0 Å². The summed E-state index contributed by atoms with van der Waals surface area (Å²) in [5.41, 5.74) is 2.36. The predicted molar refractivity (Wildman–Crippen MR) is 132 cm³/mol. The molecule has 190 valence electrons. The fourth-order valence-corrected chi connectivity index (χ4v) is 4.59. The van der Waals surface area contributed by atoms with Crippen molar-refractivity contribution in [2.75, 3.05) is 27.3 Å². The molecule has 2 aromatic carbocycles. The molecule has 9 nitrogen and oxygen atoms in total. The first-order valence-electron chi connectivity index (χ1n) is 11.8. The molecule has 0 bridgehead atoms. The van der Waals surface area contributed by atoms with Crippen molar-refractivity contribution in [3.8, 4) is 28.5 Å². The van der Waals surface area contributed by atoms with E-state index in [9.17, 15) is 14.0 Å². The van der Waals surface area contributed by atoms with Gasteiger partial charge in [-0.05, 0) is 49.2 Å². The summed E-state index contributed by atoms with van der Waals surface area (Å²) in [6.07, 6.45) is 6.83. The number of rotatable bonds is 5. The number of ether oxygens (including phenoxy) is 3. The van der Waals surface area contributed by atoms with E-state index in [-0.39, 0.29) is 17.4 Å². The van der Waals surface area contributed by atoms with Gasteiger partial charge in [0.05, 0.1) is 31.6 Å². The summed E-state index contributed by atoms with van der Waals surface area (Å²) >= 11 is 0. The molecule has 1 fully saturated rings. The number of hydrogen-bond donors (Lipinski definition) is 0. The molecule has 0 spiro atoms. The number of fused-ring (bicyclic) bond motifs is 1. The van der Waals surface area contributed by atoms with Gasteiger partial charge in [-0.15, -0.1) is 0 Å². The van der Waals surface area contributed by atoms with Gasteiger partial charge in [0.1, 0.15) is 11.6 Å². The summed E-state index contributed by atoms with van der Waals surface area (Å²) in [6.45, 7) is 0.866. The smallest absolute Gasteiger partial charge is 0.396 e. The molecule has 1 aliphatic rings. The molecule has 0 N–H and O–H groups in total. The maximum Gasteiger partial charge on any atom is 0.396 e. The summed E-state index contributed by atoms with van der Waals surface area (Å²) in [7, 11) is 2.60. The average molecular weight is 505 g/mol. The molecule has 37 heavy (non-hydrogen) atoms.